The van der Waals surface area contributed by atoms with E-state index in [0.29, 0.717) is 30.0 Å². The van der Waals surface area contributed by atoms with Crippen LogP contribution in [0.3, 0.4) is 0 Å². The van der Waals surface area contributed by atoms with Crippen molar-refractivity contribution in [2.24, 2.45) is 0 Å². The molecule has 0 fully saturated rings. The second-order valence-electron chi connectivity index (χ2n) is 6.52. The average Bonchev–Trinajstić information content (AvgIpc) is 3.23. The number of carbonyl (C=O) groups is 1. The van der Waals surface area contributed by atoms with Crippen LogP contribution in [0.4, 0.5) is 15.8 Å². The minimum atomic E-state index is -3.83. The van der Waals surface area contributed by atoms with Crippen LogP contribution in [-0.4, -0.2) is 25.9 Å². The van der Waals surface area contributed by atoms with Gasteiger partial charge in [0.25, 0.3) is 15.9 Å². The molecule has 2 heterocycles. The molecule has 1 amide bonds. The van der Waals surface area contributed by atoms with Crippen LogP contribution in [0.15, 0.2) is 65.7 Å². The van der Waals surface area contributed by atoms with Crippen molar-refractivity contribution in [1.82, 2.24) is 4.98 Å². The highest BCUT2D eigenvalue weighted by Gasteiger charge is 2.29. The number of amides is 1. The van der Waals surface area contributed by atoms with Crippen molar-refractivity contribution in [2.45, 2.75) is 17.7 Å². The van der Waals surface area contributed by atoms with Gasteiger partial charge in [0.15, 0.2) is 0 Å². The minimum absolute atomic E-state index is 0.0302. The lowest BCUT2D eigenvalue weighted by Gasteiger charge is -2.31. The number of benzene rings is 2. The van der Waals surface area contributed by atoms with Crippen molar-refractivity contribution >= 4 is 27.3 Å². The molecule has 0 unspecified atom stereocenters. The molecule has 28 heavy (non-hydrogen) atoms. The van der Waals surface area contributed by atoms with E-state index in [1.807, 2.05) is 6.07 Å². The predicted octanol–water partition coefficient (Wildman–Crippen LogP) is 3.55. The van der Waals surface area contributed by atoms with Crippen LogP contribution in [0, 0.1) is 5.82 Å². The standard InChI is InChI=1S/C20H18FN3O3S/c21-15-6-9-17(10-7-15)28(26,27)24-12-2-3-14-5-8-16(13-19(14)24)23-20(25)18-4-1-11-22-18/h1,4-11,13,22H,2-3,12H2,(H,23,25). The van der Waals surface area contributed by atoms with Crippen LogP contribution >= 0.6 is 0 Å². The molecule has 1 aromatic heterocycles. The number of aryl methyl sites for hydroxylation is 1. The normalized spacial score (nSPS) is 13.8. The van der Waals surface area contributed by atoms with Crippen LogP contribution < -0.4 is 9.62 Å². The highest BCUT2D eigenvalue weighted by molar-refractivity contribution is 7.92. The van der Waals surface area contributed by atoms with E-state index in [1.54, 1.807) is 30.5 Å². The Bertz CT molecular complexity index is 1110. The maximum absolute atomic E-state index is 13.2. The lowest BCUT2D eigenvalue weighted by Crippen LogP contribution is -2.35. The smallest absolute Gasteiger partial charge is 0.272 e. The number of aromatic nitrogens is 1. The van der Waals surface area contributed by atoms with Gasteiger partial charge in [0.2, 0.25) is 0 Å². The summed E-state index contributed by atoms with van der Waals surface area (Å²) < 4.78 is 40.7. The third kappa shape index (κ3) is 3.38. The van der Waals surface area contributed by atoms with Crippen molar-refractivity contribution in [1.29, 1.82) is 0 Å². The zero-order valence-electron chi connectivity index (χ0n) is 14.9. The molecule has 0 radical (unpaired) electrons. The number of halogens is 1. The van der Waals surface area contributed by atoms with Gasteiger partial charge in [-0.05, 0) is 66.9 Å². The number of nitrogens with zero attached hydrogens (tertiary/aromatic N) is 1. The molecule has 0 bridgehead atoms. The van der Waals surface area contributed by atoms with Crippen molar-refractivity contribution in [3.63, 3.8) is 0 Å². The Morgan fingerprint density at radius 2 is 1.89 bits per heavy atom. The van der Waals surface area contributed by atoms with Gasteiger partial charge in [-0.15, -0.1) is 0 Å². The van der Waals surface area contributed by atoms with Gasteiger partial charge in [-0.2, -0.15) is 0 Å². The van der Waals surface area contributed by atoms with Gasteiger partial charge in [-0.25, -0.2) is 12.8 Å². The molecule has 8 heteroatoms. The molecule has 6 nitrogen and oxygen atoms in total. The Labute approximate surface area is 162 Å². The number of sulfonamides is 1. The molecular weight excluding hydrogens is 381 g/mol. The molecule has 4 rings (SSSR count). The zero-order valence-corrected chi connectivity index (χ0v) is 15.7. The monoisotopic (exact) mass is 399 g/mol. The molecule has 2 aromatic carbocycles. The maximum atomic E-state index is 13.2. The molecule has 0 aliphatic carbocycles. The maximum Gasteiger partial charge on any atom is 0.272 e. The fourth-order valence-electron chi connectivity index (χ4n) is 3.27. The number of aromatic amines is 1. The molecule has 0 spiro atoms. The highest BCUT2D eigenvalue weighted by Crippen LogP contribution is 2.34. The molecule has 0 saturated heterocycles. The second-order valence-corrected chi connectivity index (χ2v) is 8.38. The minimum Gasteiger partial charge on any atom is -0.357 e. The van der Waals surface area contributed by atoms with Gasteiger partial charge < -0.3 is 10.3 Å². The van der Waals surface area contributed by atoms with Crippen molar-refractivity contribution in [3.8, 4) is 0 Å². The summed E-state index contributed by atoms with van der Waals surface area (Å²) in [6.45, 7) is 0.320. The van der Waals surface area contributed by atoms with Crippen LogP contribution in [0.5, 0.6) is 0 Å². The molecule has 0 atom stereocenters. The third-order valence-electron chi connectivity index (χ3n) is 4.66. The number of hydrogen-bond acceptors (Lipinski definition) is 3. The van der Waals surface area contributed by atoms with E-state index >= 15 is 0 Å². The first kappa shape index (κ1) is 18.2. The van der Waals surface area contributed by atoms with Gasteiger partial charge >= 0.3 is 0 Å². The molecule has 3 aromatic rings. The summed E-state index contributed by atoms with van der Waals surface area (Å²) >= 11 is 0. The van der Waals surface area contributed by atoms with E-state index in [4.69, 9.17) is 0 Å². The number of nitrogens with one attached hydrogen (secondary N) is 2. The zero-order chi connectivity index (χ0) is 19.7. The first-order valence-electron chi connectivity index (χ1n) is 8.81. The second kappa shape index (κ2) is 7.12. The van der Waals surface area contributed by atoms with Crippen LogP contribution in [0.25, 0.3) is 0 Å². The summed E-state index contributed by atoms with van der Waals surface area (Å²) in [4.78, 5) is 15.1. The van der Waals surface area contributed by atoms with Crippen molar-refractivity contribution < 1.29 is 17.6 Å². The Morgan fingerprint density at radius 3 is 2.61 bits per heavy atom. The molecule has 2 N–H and O–H groups in total. The van der Waals surface area contributed by atoms with Crippen LogP contribution in [0.2, 0.25) is 0 Å². The number of hydrogen-bond donors (Lipinski definition) is 2. The fourth-order valence-corrected chi connectivity index (χ4v) is 4.81. The van der Waals surface area contributed by atoms with Gasteiger partial charge in [-0.1, -0.05) is 6.07 Å². The highest BCUT2D eigenvalue weighted by atomic mass is 32.2. The van der Waals surface area contributed by atoms with Crippen molar-refractivity contribution in [3.05, 3.63) is 77.9 Å². The molecule has 1 aliphatic rings. The third-order valence-corrected chi connectivity index (χ3v) is 6.49. The fraction of sp³-hybridized carbons (Fsp3) is 0.150. The number of fused-ring (bicyclic) bond motifs is 1. The lowest BCUT2D eigenvalue weighted by molar-refractivity contribution is 0.102. The van der Waals surface area contributed by atoms with Gasteiger partial charge in [0.05, 0.1) is 10.6 Å². The number of carbonyl (C=O) groups excluding carboxylic acids is 1. The van der Waals surface area contributed by atoms with Crippen molar-refractivity contribution in [2.75, 3.05) is 16.2 Å². The number of anilines is 2. The van der Waals surface area contributed by atoms with E-state index < -0.39 is 15.8 Å². The summed E-state index contributed by atoms with van der Waals surface area (Å²) in [7, 11) is -3.83. The quantitative estimate of drug-likeness (QED) is 0.704. The summed E-state index contributed by atoms with van der Waals surface area (Å²) in [5.74, 6) is -0.805. The summed E-state index contributed by atoms with van der Waals surface area (Å²) in [6, 6.07) is 13.4. The Hall–Kier alpha value is -3.13. The molecule has 0 saturated carbocycles. The summed E-state index contributed by atoms with van der Waals surface area (Å²) in [6.07, 6.45) is 3.08. The van der Waals surface area contributed by atoms with E-state index in [0.717, 1.165) is 24.1 Å². The molecule has 1 aliphatic heterocycles. The summed E-state index contributed by atoms with van der Waals surface area (Å²) in [5.41, 5.74) is 2.32. The lowest BCUT2D eigenvalue weighted by atomic mass is 10.0. The van der Waals surface area contributed by atoms with E-state index in [-0.39, 0.29) is 10.8 Å². The largest absolute Gasteiger partial charge is 0.357 e. The first-order valence-corrected chi connectivity index (χ1v) is 10.3. The van der Waals surface area contributed by atoms with E-state index in [9.17, 15) is 17.6 Å². The number of rotatable bonds is 4. The van der Waals surface area contributed by atoms with E-state index in [2.05, 4.69) is 10.3 Å². The predicted molar refractivity (Wildman–Crippen MR) is 104 cm³/mol. The molecule has 144 valence electrons. The first-order chi connectivity index (χ1) is 13.4. The van der Waals surface area contributed by atoms with Crippen LogP contribution in [-0.2, 0) is 16.4 Å². The average molecular weight is 399 g/mol. The van der Waals surface area contributed by atoms with Gasteiger partial charge in [0.1, 0.15) is 11.5 Å². The van der Waals surface area contributed by atoms with Crippen LogP contribution in [0.1, 0.15) is 22.5 Å². The Morgan fingerprint density at radius 1 is 1.11 bits per heavy atom. The Kier molecular flexibility index (Phi) is 4.64. The summed E-state index contributed by atoms with van der Waals surface area (Å²) in [5, 5.41) is 2.77. The van der Waals surface area contributed by atoms with Gasteiger partial charge in [-0.3, -0.25) is 9.10 Å². The van der Waals surface area contributed by atoms with E-state index in [1.165, 1.54) is 16.4 Å². The topological polar surface area (TPSA) is 82.3 Å². The molecular formula is C20H18FN3O3S. The number of H-pyrrole nitrogens is 1. The Balaban J connectivity index is 1.68. The SMILES string of the molecule is O=C(Nc1ccc2c(c1)N(S(=O)(=O)c1ccc(F)cc1)CCC2)c1ccc[nH]1. The van der Waals surface area contributed by atoms with Gasteiger partial charge in [0, 0.05) is 18.4 Å².